The zero-order valence-corrected chi connectivity index (χ0v) is 11.6. The second-order valence-corrected chi connectivity index (χ2v) is 5.07. The number of nitrogens with zero attached hydrogens (tertiary/aromatic N) is 2. The minimum atomic E-state index is -1.74. The number of benzene rings is 1. The monoisotopic (exact) mass is 323 g/mol. The van der Waals surface area contributed by atoms with Gasteiger partial charge >= 0.3 is 11.9 Å². The summed E-state index contributed by atoms with van der Waals surface area (Å²) in [5, 5.41) is 24.7. The Morgan fingerprint density at radius 2 is 2.04 bits per heavy atom. The molecule has 0 bridgehead atoms. The Morgan fingerprint density at radius 1 is 1.35 bits per heavy atom. The molecule has 2 heterocycles. The van der Waals surface area contributed by atoms with E-state index in [1.807, 2.05) is 0 Å². The van der Waals surface area contributed by atoms with E-state index in [-0.39, 0.29) is 12.0 Å². The first-order chi connectivity index (χ1) is 10.8. The number of nitro groups is 2. The van der Waals surface area contributed by atoms with Crippen LogP contribution in [0.5, 0.6) is 0 Å². The van der Waals surface area contributed by atoms with Crippen molar-refractivity contribution in [3.63, 3.8) is 0 Å². The van der Waals surface area contributed by atoms with Crippen molar-refractivity contribution in [2.75, 3.05) is 7.11 Å². The quantitative estimate of drug-likeness (QED) is 0.351. The molecular weight excluding hydrogens is 314 g/mol. The van der Waals surface area contributed by atoms with Crippen molar-refractivity contribution in [2.24, 2.45) is 0 Å². The van der Waals surface area contributed by atoms with Gasteiger partial charge in [0.2, 0.25) is 5.72 Å². The second kappa shape index (κ2) is 4.46. The maximum absolute atomic E-state index is 12.0. The van der Waals surface area contributed by atoms with Crippen LogP contribution in [0.15, 0.2) is 18.2 Å². The van der Waals surface area contributed by atoms with Crippen molar-refractivity contribution in [3.05, 3.63) is 44.0 Å². The van der Waals surface area contributed by atoms with E-state index in [0.29, 0.717) is 0 Å². The minimum Gasteiger partial charge on any atom is -0.467 e. The lowest BCUT2D eigenvalue weighted by Crippen LogP contribution is -2.31. The number of nitrogens with one attached hydrogen (secondary N) is 1. The zero-order valence-electron chi connectivity index (χ0n) is 11.6. The molecule has 0 unspecified atom stereocenters. The number of methoxy groups -OCH3 is 1. The van der Waals surface area contributed by atoms with Gasteiger partial charge < -0.3 is 9.47 Å². The lowest BCUT2D eigenvalue weighted by molar-refractivity contribution is -0.395. The first-order valence-corrected chi connectivity index (χ1v) is 6.30. The van der Waals surface area contributed by atoms with Gasteiger partial charge in [-0.25, -0.2) is 4.79 Å². The molecule has 0 saturated carbocycles. The molecule has 11 heteroatoms. The molecule has 3 rings (SSSR count). The van der Waals surface area contributed by atoms with Crippen molar-refractivity contribution in [3.8, 4) is 0 Å². The van der Waals surface area contributed by atoms with Crippen molar-refractivity contribution < 1.29 is 28.9 Å². The zero-order chi connectivity index (χ0) is 17.0. The SMILES string of the molecule is COC(=O)[C@@]12CC(=O)O[C@]1(c1ccc([N+](=O)[O-])cc1[N+](=O)[O-])N2. The average molecular weight is 323 g/mol. The van der Waals surface area contributed by atoms with Crippen LogP contribution in [0.2, 0.25) is 0 Å². The van der Waals surface area contributed by atoms with Crippen molar-refractivity contribution in [1.29, 1.82) is 0 Å². The van der Waals surface area contributed by atoms with E-state index in [4.69, 9.17) is 4.74 Å². The van der Waals surface area contributed by atoms with Crippen LogP contribution in [-0.2, 0) is 24.8 Å². The highest BCUT2D eigenvalue weighted by atomic mass is 16.6. The van der Waals surface area contributed by atoms with Crippen LogP contribution in [0.3, 0.4) is 0 Å². The Balaban J connectivity index is 2.15. The molecule has 2 atom stereocenters. The predicted octanol–water partition coefficient (Wildman–Crippen LogP) is 0.118. The van der Waals surface area contributed by atoms with Crippen molar-refractivity contribution in [1.82, 2.24) is 5.32 Å². The van der Waals surface area contributed by atoms with Crippen LogP contribution >= 0.6 is 0 Å². The van der Waals surface area contributed by atoms with Gasteiger partial charge in [-0.15, -0.1) is 0 Å². The first-order valence-electron chi connectivity index (χ1n) is 6.30. The van der Waals surface area contributed by atoms with Crippen LogP contribution in [0, 0.1) is 20.2 Å². The normalized spacial score (nSPS) is 27.8. The lowest BCUT2D eigenvalue weighted by atomic mass is 9.94. The maximum atomic E-state index is 12.0. The molecule has 2 fully saturated rings. The van der Waals surface area contributed by atoms with Crippen molar-refractivity contribution in [2.45, 2.75) is 17.7 Å². The van der Waals surface area contributed by atoms with Crippen molar-refractivity contribution >= 4 is 23.3 Å². The summed E-state index contributed by atoms with van der Waals surface area (Å²) in [5.74, 6) is -1.54. The summed E-state index contributed by atoms with van der Waals surface area (Å²) in [7, 11) is 1.11. The number of carbonyl (C=O) groups excluding carboxylic acids is 2. The molecular formula is C12H9N3O8. The summed E-state index contributed by atoms with van der Waals surface area (Å²) in [6, 6.07) is 2.87. The Labute approximate surface area is 127 Å². The van der Waals surface area contributed by atoms with Crippen LogP contribution in [-0.4, -0.2) is 34.4 Å². The highest BCUT2D eigenvalue weighted by molar-refractivity contribution is 5.97. The Kier molecular flexibility index (Phi) is 2.88. The second-order valence-electron chi connectivity index (χ2n) is 5.07. The molecule has 0 amide bonds. The van der Waals surface area contributed by atoms with E-state index in [1.165, 1.54) is 0 Å². The highest BCUT2D eigenvalue weighted by Gasteiger charge is 2.83. The number of esters is 2. The molecule has 0 aromatic heterocycles. The van der Waals surface area contributed by atoms with Gasteiger partial charge in [0.25, 0.3) is 11.4 Å². The van der Waals surface area contributed by atoms with E-state index in [9.17, 15) is 29.8 Å². The van der Waals surface area contributed by atoms with Gasteiger partial charge in [-0.2, -0.15) is 0 Å². The number of hydrogen-bond donors (Lipinski definition) is 1. The number of fused-ring (bicyclic) bond motifs is 1. The summed E-state index contributed by atoms with van der Waals surface area (Å²) >= 11 is 0. The molecule has 23 heavy (non-hydrogen) atoms. The number of rotatable bonds is 4. The molecule has 1 aromatic carbocycles. The fourth-order valence-corrected chi connectivity index (χ4v) is 2.85. The van der Waals surface area contributed by atoms with Crippen LogP contribution in [0.1, 0.15) is 12.0 Å². The fourth-order valence-electron chi connectivity index (χ4n) is 2.85. The topological polar surface area (TPSA) is 161 Å². The van der Waals surface area contributed by atoms with Gasteiger partial charge in [0.1, 0.15) is 0 Å². The predicted molar refractivity (Wildman–Crippen MR) is 70.0 cm³/mol. The van der Waals surface area contributed by atoms with E-state index >= 15 is 0 Å². The van der Waals surface area contributed by atoms with Crippen LogP contribution < -0.4 is 5.32 Å². The Bertz CT molecular complexity index is 778. The number of ether oxygens (including phenoxy) is 2. The number of hydrogen-bond acceptors (Lipinski definition) is 9. The molecule has 0 radical (unpaired) electrons. The van der Waals surface area contributed by atoms with Crippen LogP contribution in [0.25, 0.3) is 0 Å². The average Bonchev–Trinajstić information content (AvgIpc) is 3.04. The van der Waals surface area contributed by atoms with Gasteiger partial charge in [-0.05, 0) is 6.07 Å². The third-order valence-electron chi connectivity index (χ3n) is 3.91. The third kappa shape index (κ3) is 1.80. The first kappa shape index (κ1) is 14.8. The summed E-state index contributed by atoms with van der Waals surface area (Å²) in [5.41, 5.74) is -4.57. The standard InChI is InChI=1S/C12H9N3O8/c1-22-10(17)11-5-9(16)23-12(11,13-11)7-3-2-6(14(18)19)4-8(7)15(20)21/h2-4,13H,5H2,1H3/t11-,12-/m0/s1. The summed E-state index contributed by atoms with van der Waals surface area (Å²) in [6.45, 7) is 0. The molecule has 2 aliphatic heterocycles. The molecule has 0 aliphatic carbocycles. The largest absolute Gasteiger partial charge is 0.467 e. The summed E-state index contributed by atoms with van der Waals surface area (Å²) in [6.07, 6.45) is -0.353. The number of non-ortho nitro benzene ring substituents is 1. The van der Waals surface area contributed by atoms with E-state index in [1.54, 1.807) is 0 Å². The molecule has 1 aromatic rings. The molecule has 120 valence electrons. The molecule has 1 N–H and O–H groups in total. The van der Waals surface area contributed by atoms with Crippen LogP contribution in [0.4, 0.5) is 11.4 Å². The van der Waals surface area contributed by atoms with E-state index in [0.717, 1.165) is 25.3 Å². The third-order valence-corrected chi connectivity index (χ3v) is 3.91. The summed E-state index contributed by atoms with van der Waals surface area (Å²) in [4.78, 5) is 43.9. The smallest absolute Gasteiger partial charge is 0.332 e. The molecule has 2 saturated heterocycles. The highest BCUT2D eigenvalue weighted by Crippen LogP contribution is 2.58. The van der Waals surface area contributed by atoms with E-state index < -0.39 is 44.4 Å². The minimum absolute atomic E-state index is 0.149. The Hall–Kier alpha value is -3.08. The maximum Gasteiger partial charge on any atom is 0.332 e. The molecule has 2 aliphatic rings. The van der Waals surface area contributed by atoms with Gasteiger partial charge in [0.15, 0.2) is 5.54 Å². The fraction of sp³-hybridized carbons (Fsp3) is 0.333. The van der Waals surface area contributed by atoms with Gasteiger partial charge in [0.05, 0.1) is 35.0 Å². The number of nitro benzene ring substituents is 2. The van der Waals surface area contributed by atoms with Gasteiger partial charge in [-0.1, -0.05) is 0 Å². The van der Waals surface area contributed by atoms with Gasteiger partial charge in [0, 0.05) is 6.07 Å². The molecule has 0 spiro atoms. The summed E-state index contributed by atoms with van der Waals surface area (Å²) < 4.78 is 9.73. The lowest BCUT2D eigenvalue weighted by Gasteiger charge is -2.13. The Morgan fingerprint density at radius 3 is 2.61 bits per heavy atom. The van der Waals surface area contributed by atoms with E-state index in [2.05, 4.69) is 10.1 Å². The molecule has 11 nitrogen and oxygen atoms in total. The van der Waals surface area contributed by atoms with Gasteiger partial charge in [-0.3, -0.25) is 30.3 Å². The number of carbonyl (C=O) groups is 2.